The van der Waals surface area contributed by atoms with Gasteiger partial charge in [-0.3, -0.25) is 9.20 Å². The van der Waals surface area contributed by atoms with E-state index in [9.17, 15) is 4.79 Å². The molecule has 25 heavy (non-hydrogen) atoms. The van der Waals surface area contributed by atoms with Crippen LogP contribution in [0.5, 0.6) is 0 Å². The summed E-state index contributed by atoms with van der Waals surface area (Å²) < 4.78 is 1.96. The molecule has 2 N–H and O–H groups in total. The molecule has 0 aliphatic carbocycles. The highest BCUT2D eigenvalue weighted by Crippen LogP contribution is 2.28. The number of aromatic nitrogens is 4. The lowest BCUT2D eigenvalue weighted by Gasteiger charge is -2.13. The van der Waals surface area contributed by atoms with Crippen molar-refractivity contribution in [3.63, 3.8) is 0 Å². The Hall–Kier alpha value is -2.80. The van der Waals surface area contributed by atoms with E-state index in [0.29, 0.717) is 12.2 Å². The average Bonchev–Trinajstić information content (AvgIpc) is 3.19. The number of carbonyl (C=O) groups excluding carboxylic acids is 1. The van der Waals surface area contributed by atoms with Gasteiger partial charge in [-0.05, 0) is 30.7 Å². The van der Waals surface area contributed by atoms with Crippen molar-refractivity contribution in [2.75, 3.05) is 5.32 Å². The number of thioether (sulfide) groups is 1. The second-order valence-corrected chi connectivity index (χ2v) is 6.81. The molecule has 2 heterocycles. The first kappa shape index (κ1) is 15.7. The number of anilines is 1. The quantitative estimate of drug-likeness (QED) is 0.537. The van der Waals surface area contributed by atoms with Crippen molar-refractivity contribution in [1.82, 2.24) is 19.6 Å². The minimum Gasteiger partial charge on any atom is -0.325 e. The van der Waals surface area contributed by atoms with Crippen LogP contribution in [0.1, 0.15) is 13.3 Å². The normalized spacial score (nSPS) is 12.5. The summed E-state index contributed by atoms with van der Waals surface area (Å²) in [5, 5.41) is 10.7. The van der Waals surface area contributed by atoms with E-state index in [1.807, 2.05) is 65.9 Å². The number of imidazole rings is 1. The van der Waals surface area contributed by atoms with Crippen molar-refractivity contribution < 1.29 is 4.79 Å². The van der Waals surface area contributed by atoms with E-state index in [1.165, 1.54) is 11.8 Å². The summed E-state index contributed by atoms with van der Waals surface area (Å²) in [7, 11) is 0. The maximum absolute atomic E-state index is 12.6. The molecule has 4 aromatic rings. The van der Waals surface area contributed by atoms with Crippen LogP contribution in [-0.4, -0.2) is 30.7 Å². The molecule has 0 spiro atoms. The van der Waals surface area contributed by atoms with Gasteiger partial charge in [0.05, 0.1) is 16.3 Å². The Labute approximate surface area is 148 Å². The van der Waals surface area contributed by atoms with E-state index in [-0.39, 0.29) is 11.2 Å². The zero-order valence-electron chi connectivity index (χ0n) is 13.6. The van der Waals surface area contributed by atoms with Gasteiger partial charge in [0.2, 0.25) is 11.7 Å². The Balaban J connectivity index is 1.61. The zero-order chi connectivity index (χ0) is 17.2. The Morgan fingerprint density at radius 3 is 2.76 bits per heavy atom. The van der Waals surface area contributed by atoms with Crippen LogP contribution in [0.15, 0.2) is 59.8 Å². The minimum absolute atomic E-state index is 0.0285. The predicted octanol–water partition coefficient (Wildman–Crippen LogP) is 3.72. The molecular weight excluding hydrogens is 334 g/mol. The van der Waals surface area contributed by atoms with Gasteiger partial charge < -0.3 is 5.32 Å². The predicted molar refractivity (Wildman–Crippen MR) is 99.9 cm³/mol. The number of nitrogens with one attached hydrogen (secondary N) is 2. The van der Waals surface area contributed by atoms with Crippen LogP contribution in [0.25, 0.3) is 16.8 Å². The Bertz CT molecular complexity index is 1020. The maximum atomic E-state index is 12.6. The molecule has 0 unspecified atom stereocenters. The molecule has 0 fully saturated rings. The van der Waals surface area contributed by atoms with Gasteiger partial charge in [0, 0.05) is 5.69 Å². The van der Waals surface area contributed by atoms with Crippen LogP contribution in [0.4, 0.5) is 5.69 Å². The first-order chi connectivity index (χ1) is 12.3. The number of rotatable bonds is 5. The van der Waals surface area contributed by atoms with Crippen molar-refractivity contribution in [2.24, 2.45) is 0 Å². The summed E-state index contributed by atoms with van der Waals surface area (Å²) in [5.74, 6) is 0.654. The molecule has 7 heteroatoms. The van der Waals surface area contributed by atoms with Crippen LogP contribution in [-0.2, 0) is 4.79 Å². The van der Waals surface area contributed by atoms with Crippen LogP contribution >= 0.6 is 11.8 Å². The molecule has 0 bridgehead atoms. The summed E-state index contributed by atoms with van der Waals surface area (Å²) in [6, 6.07) is 17.4. The van der Waals surface area contributed by atoms with Gasteiger partial charge in [0.15, 0.2) is 5.16 Å². The largest absolute Gasteiger partial charge is 0.325 e. The summed E-state index contributed by atoms with van der Waals surface area (Å²) in [6.45, 7) is 2.00. The van der Waals surface area contributed by atoms with E-state index in [2.05, 4.69) is 20.5 Å². The Morgan fingerprint density at radius 1 is 1.20 bits per heavy atom. The van der Waals surface area contributed by atoms with Gasteiger partial charge >= 0.3 is 0 Å². The number of carbonyl (C=O) groups is 1. The number of para-hydroxylation sites is 3. The van der Waals surface area contributed by atoms with E-state index in [4.69, 9.17) is 0 Å². The minimum atomic E-state index is -0.243. The number of H-pyrrole nitrogens is 1. The lowest BCUT2D eigenvalue weighted by molar-refractivity contribution is -0.115. The van der Waals surface area contributed by atoms with Gasteiger partial charge in [-0.25, -0.2) is 10.1 Å². The number of hydrogen-bond acceptors (Lipinski definition) is 4. The van der Waals surface area contributed by atoms with Crippen molar-refractivity contribution in [3.8, 4) is 0 Å². The van der Waals surface area contributed by atoms with Gasteiger partial charge in [-0.1, -0.05) is 49.0 Å². The molecule has 0 aliphatic heterocycles. The molecule has 126 valence electrons. The Kier molecular flexibility index (Phi) is 4.15. The fourth-order valence-electron chi connectivity index (χ4n) is 2.72. The summed E-state index contributed by atoms with van der Waals surface area (Å²) in [5.41, 5.74) is 2.68. The summed E-state index contributed by atoms with van der Waals surface area (Å²) in [4.78, 5) is 17.1. The van der Waals surface area contributed by atoms with Gasteiger partial charge in [0.1, 0.15) is 0 Å². The van der Waals surface area contributed by atoms with Crippen LogP contribution in [0.2, 0.25) is 0 Å². The summed E-state index contributed by atoms with van der Waals surface area (Å²) in [6.07, 6.45) is 0.699. The smallest absolute Gasteiger partial charge is 0.237 e. The van der Waals surface area contributed by atoms with Gasteiger partial charge in [-0.15, -0.1) is 5.10 Å². The van der Waals surface area contributed by atoms with Crippen LogP contribution in [0, 0.1) is 0 Å². The monoisotopic (exact) mass is 351 g/mol. The van der Waals surface area contributed by atoms with Gasteiger partial charge in [0.25, 0.3) is 0 Å². The number of aromatic amines is 1. The fraction of sp³-hybridized carbons (Fsp3) is 0.167. The number of fused-ring (bicyclic) bond motifs is 3. The molecule has 6 nitrogen and oxygen atoms in total. The third-order valence-electron chi connectivity index (χ3n) is 3.96. The van der Waals surface area contributed by atoms with Crippen molar-refractivity contribution in [2.45, 2.75) is 23.8 Å². The van der Waals surface area contributed by atoms with E-state index in [0.717, 1.165) is 21.9 Å². The molecular formula is C18H17N5OS. The zero-order valence-corrected chi connectivity index (χ0v) is 14.5. The summed E-state index contributed by atoms with van der Waals surface area (Å²) >= 11 is 1.44. The molecule has 1 amide bonds. The highest BCUT2D eigenvalue weighted by molar-refractivity contribution is 8.00. The molecule has 2 aromatic heterocycles. The van der Waals surface area contributed by atoms with Crippen LogP contribution in [0.3, 0.4) is 0 Å². The SMILES string of the molecule is CC[C@@H](Sc1n[nH]c2nc3ccccc3n12)C(=O)Nc1ccccc1. The molecule has 2 aromatic carbocycles. The first-order valence-corrected chi connectivity index (χ1v) is 8.98. The highest BCUT2D eigenvalue weighted by atomic mass is 32.2. The topological polar surface area (TPSA) is 75.1 Å². The fourth-order valence-corrected chi connectivity index (χ4v) is 3.69. The molecule has 0 saturated carbocycles. The average molecular weight is 351 g/mol. The maximum Gasteiger partial charge on any atom is 0.237 e. The Morgan fingerprint density at radius 2 is 1.96 bits per heavy atom. The van der Waals surface area contributed by atoms with Gasteiger partial charge in [-0.2, -0.15) is 0 Å². The van der Waals surface area contributed by atoms with E-state index < -0.39 is 0 Å². The molecule has 0 aliphatic rings. The third-order valence-corrected chi connectivity index (χ3v) is 5.27. The standard InChI is InChI=1S/C18H17N5OS/c1-2-15(16(24)19-12-8-4-3-5-9-12)25-18-22-21-17-20-13-10-6-7-11-14(13)23(17)18/h3-11,15H,2H2,1H3,(H,19,24)(H,20,21)/t15-/m1/s1. The number of hydrogen-bond donors (Lipinski definition) is 2. The number of amides is 1. The first-order valence-electron chi connectivity index (χ1n) is 8.10. The second-order valence-electron chi connectivity index (χ2n) is 5.64. The van der Waals surface area contributed by atoms with Crippen LogP contribution < -0.4 is 5.32 Å². The third kappa shape index (κ3) is 2.98. The van der Waals surface area contributed by atoms with Crippen molar-refractivity contribution >= 4 is 40.2 Å². The second kappa shape index (κ2) is 6.60. The number of benzene rings is 2. The van der Waals surface area contributed by atoms with E-state index in [1.54, 1.807) is 0 Å². The molecule has 4 rings (SSSR count). The lowest BCUT2D eigenvalue weighted by Crippen LogP contribution is -2.24. The number of nitrogens with zero attached hydrogens (tertiary/aromatic N) is 3. The van der Waals surface area contributed by atoms with Crippen molar-refractivity contribution in [1.29, 1.82) is 0 Å². The van der Waals surface area contributed by atoms with Crippen molar-refractivity contribution in [3.05, 3.63) is 54.6 Å². The van der Waals surface area contributed by atoms with E-state index >= 15 is 0 Å². The lowest BCUT2D eigenvalue weighted by atomic mass is 10.3. The highest BCUT2D eigenvalue weighted by Gasteiger charge is 2.22. The molecule has 0 radical (unpaired) electrons. The molecule has 0 saturated heterocycles. The molecule has 1 atom stereocenters.